The molecular weight excluding hydrogens is 279 g/mol. The summed E-state index contributed by atoms with van der Waals surface area (Å²) in [5.74, 6) is 0. The SMILES string of the molecule is CC(CC(N)=S)N(C)S(=O)(=O)NCC(F)(F)F. The smallest absolute Gasteiger partial charge is 0.393 e. The highest BCUT2D eigenvalue weighted by Crippen LogP contribution is 2.14. The number of nitrogens with one attached hydrogen (secondary N) is 1. The summed E-state index contributed by atoms with van der Waals surface area (Å²) in [5.41, 5.74) is 5.23. The lowest BCUT2D eigenvalue weighted by Crippen LogP contribution is -2.46. The van der Waals surface area contributed by atoms with Gasteiger partial charge < -0.3 is 5.73 Å². The van der Waals surface area contributed by atoms with Crippen LogP contribution >= 0.6 is 12.2 Å². The number of nitrogens with zero attached hydrogens (tertiary/aromatic N) is 1. The number of hydrogen-bond donors (Lipinski definition) is 2. The predicted octanol–water partition coefficient (Wildman–Crippen LogP) is 0.380. The summed E-state index contributed by atoms with van der Waals surface area (Å²) in [6.07, 6.45) is -4.50. The van der Waals surface area contributed by atoms with Crippen LogP contribution in [0.5, 0.6) is 0 Å². The molecule has 0 heterocycles. The zero-order chi connectivity index (χ0) is 13.9. The molecule has 0 rings (SSSR count). The summed E-state index contributed by atoms with van der Waals surface area (Å²) in [6.45, 7) is -0.120. The lowest BCUT2D eigenvalue weighted by Gasteiger charge is -2.24. The number of alkyl halides is 3. The highest BCUT2D eigenvalue weighted by atomic mass is 32.2. The summed E-state index contributed by atoms with van der Waals surface area (Å²) in [4.78, 5) is 0.0929. The third-order valence-corrected chi connectivity index (χ3v) is 3.75. The van der Waals surface area contributed by atoms with Gasteiger partial charge in [-0.1, -0.05) is 12.2 Å². The Hall–Kier alpha value is -0.450. The fraction of sp³-hybridized carbons (Fsp3) is 0.857. The van der Waals surface area contributed by atoms with Gasteiger partial charge in [-0.05, 0) is 6.92 Å². The Morgan fingerprint density at radius 2 is 2.00 bits per heavy atom. The van der Waals surface area contributed by atoms with Crippen molar-refractivity contribution in [1.82, 2.24) is 9.03 Å². The highest BCUT2D eigenvalue weighted by Gasteiger charge is 2.32. The summed E-state index contributed by atoms with van der Waals surface area (Å²) >= 11 is 4.59. The fourth-order valence-corrected chi connectivity index (χ4v) is 2.27. The van der Waals surface area contributed by atoms with Crippen molar-refractivity contribution in [1.29, 1.82) is 0 Å². The molecule has 0 aliphatic rings. The zero-order valence-electron chi connectivity index (χ0n) is 9.28. The van der Waals surface area contributed by atoms with Crippen LogP contribution in [0.15, 0.2) is 0 Å². The second-order valence-electron chi connectivity index (χ2n) is 3.48. The summed E-state index contributed by atoms with van der Waals surface area (Å²) in [7, 11) is -3.04. The third-order valence-electron chi connectivity index (χ3n) is 1.95. The molecule has 10 heteroatoms. The molecule has 0 saturated carbocycles. The van der Waals surface area contributed by atoms with Crippen molar-refractivity contribution in [3.63, 3.8) is 0 Å². The van der Waals surface area contributed by atoms with Crippen molar-refractivity contribution < 1.29 is 21.6 Å². The molecule has 0 aliphatic heterocycles. The van der Waals surface area contributed by atoms with Gasteiger partial charge in [0.2, 0.25) is 0 Å². The fourth-order valence-electron chi connectivity index (χ4n) is 0.931. The minimum Gasteiger partial charge on any atom is -0.393 e. The molecule has 5 nitrogen and oxygen atoms in total. The van der Waals surface area contributed by atoms with Crippen LogP contribution in [-0.2, 0) is 10.2 Å². The molecule has 17 heavy (non-hydrogen) atoms. The van der Waals surface area contributed by atoms with Gasteiger partial charge in [0, 0.05) is 19.5 Å². The summed E-state index contributed by atoms with van der Waals surface area (Å²) in [5, 5.41) is 0. The molecule has 0 saturated heterocycles. The van der Waals surface area contributed by atoms with E-state index >= 15 is 0 Å². The second kappa shape index (κ2) is 5.94. The first-order valence-electron chi connectivity index (χ1n) is 4.53. The first kappa shape index (κ1) is 16.6. The quantitative estimate of drug-likeness (QED) is 0.694. The van der Waals surface area contributed by atoms with Crippen LogP contribution in [0.25, 0.3) is 0 Å². The van der Waals surface area contributed by atoms with Crippen LogP contribution in [0.4, 0.5) is 13.2 Å². The van der Waals surface area contributed by atoms with E-state index in [1.807, 2.05) is 0 Å². The minimum atomic E-state index is -4.60. The van der Waals surface area contributed by atoms with Crippen LogP contribution < -0.4 is 10.5 Å². The Bertz CT molecular complexity index is 369. The first-order valence-corrected chi connectivity index (χ1v) is 6.38. The number of rotatable bonds is 6. The maximum absolute atomic E-state index is 11.9. The van der Waals surface area contributed by atoms with Gasteiger partial charge in [0.25, 0.3) is 10.2 Å². The Morgan fingerprint density at radius 3 is 2.35 bits per heavy atom. The molecule has 0 aromatic carbocycles. The third kappa shape index (κ3) is 6.76. The van der Waals surface area contributed by atoms with Crippen LogP contribution in [0.1, 0.15) is 13.3 Å². The number of halogens is 3. The number of nitrogens with two attached hydrogens (primary N) is 1. The summed E-state index contributed by atoms with van der Waals surface area (Å²) < 4.78 is 60.7. The van der Waals surface area contributed by atoms with E-state index in [1.165, 1.54) is 11.6 Å². The van der Waals surface area contributed by atoms with Crippen molar-refractivity contribution in [3.05, 3.63) is 0 Å². The normalized spacial score (nSPS) is 14.9. The average Bonchev–Trinajstić information content (AvgIpc) is 2.11. The molecule has 0 radical (unpaired) electrons. The van der Waals surface area contributed by atoms with Crippen molar-refractivity contribution >= 4 is 27.4 Å². The van der Waals surface area contributed by atoms with E-state index in [0.29, 0.717) is 0 Å². The van der Waals surface area contributed by atoms with Crippen LogP contribution in [0, 0.1) is 0 Å². The van der Waals surface area contributed by atoms with Gasteiger partial charge in [-0.3, -0.25) is 0 Å². The molecule has 1 unspecified atom stereocenters. The second-order valence-corrected chi connectivity index (χ2v) is 5.82. The maximum Gasteiger partial charge on any atom is 0.402 e. The van der Waals surface area contributed by atoms with Gasteiger partial charge in [-0.2, -0.15) is 30.6 Å². The molecule has 0 spiro atoms. The van der Waals surface area contributed by atoms with Gasteiger partial charge in [0.1, 0.15) is 6.54 Å². The highest BCUT2D eigenvalue weighted by molar-refractivity contribution is 7.87. The molecule has 0 aromatic heterocycles. The molecule has 3 N–H and O–H groups in total. The Morgan fingerprint density at radius 1 is 1.53 bits per heavy atom. The first-order chi connectivity index (χ1) is 7.46. The minimum absolute atomic E-state index is 0.0929. The van der Waals surface area contributed by atoms with Gasteiger partial charge in [-0.15, -0.1) is 0 Å². The van der Waals surface area contributed by atoms with E-state index in [-0.39, 0.29) is 11.4 Å². The molecule has 0 amide bonds. The van der Waals surface area contributed by atoms with Crippen LogP contribution in [0.2, 0.25) is 0 Å². The van der Waals surface area contributed by atoms with E-state index in [4.69, 9.17) is 5.73 Å². The van der Waals surface area contributed by atoms with Crippen molar-refractivity contribution in [3.8, 4) is 0 Å². The van der Waals surface area contributed by atoms with E-state index in [1.54, 1.807) is 0 Å². The standard InChI is InChI=1S/C7H14F3N3O2S2/c1-5(3-6(11)16)13(2)17(14,15)12-4-7(8,9)10/h5,12H,3-4H2,1-2H3,(H2,11,16). The summed E-state index contributed by atoms with van der Waals surface area (Å²) in [6, 6.07) is -0.613. The van der Waals surface area contributed by atoms with Crippen molar-refractivity contribution in [2.75, 3.05) is 13.6 Å². The Balaban J connectivity index is 4.55. The molecule has 0 fully saturated rings. The molecular formula is C7H14F3N3O2S2. The van der Waals surface area contributed by atoms with Gasteiger partial charge in [0.05, 0.1) is 4.99 Å². The largest absolute Gasteiger partial charge is 0.402 e. The monoisotopic (exact) mass is 293 g/mol. The van der Waals surface area contributed by atoms with Crippen LogP contribution in [0.3, 0.4) is 0 Å². The Labute approximate surface area is 103 Å². The lowest BCUT2D eigenvalue weighted by atomic mass is 10.2. The maximum atomic E-state index is 11.9. The van der Waals surface area contributed by atoms with Gasteiger partial charge in [0.15, 0.2) is 0 Å². The Kier molecular flexibility index (Phi) is 5.78. The zero-order valence-corrected chi connectivity index (χ0v) is 10.9. The topological polar surface area (TPSA) is 75.4 Å². The molecule has 0 bridgehead atoms. The lowest BCUT2D eigenvalue weighted by molar-refractivity contribution is -0.121. The van der Waals surface area contributed by atoms with Crippen molar-refractivity contribution in [2.45, 2.75) is 25.6 Å². The van der Waals surface area contributed by atoms with Crippen LogP contribution in [-0.4, -0.2) is 43.5 Å². The average molecular weight is 293 g/mol. The number of hydrogen-bond acceptors (Lipinski definition) is 3. The molecule has 0 aromatic rings. The molecule has 0 aliphatic carbocycles. The number of thiocarbonyl (C=S) groups is 1. The van der Waals surface area contributed by atoms with E-state index in [0.717, 1.165) is 11.4 Å². The molecule has 1 atom stereocenters. The predicted molar refractivity (Wildman–Crippen MR) is 61.6 cm³/mol. The molecule has 102 valence electrons. The van der Waals surface area contributed by atoms with E-state index < -0.39 is 29.0 Å². The van der Waals surface area contributed by atoms with Crippen molar-refractivity contribution in [2.24, 2.45) is 5.73 Å². The van der Waals surface area contributed by atoms with Gasteiger partial charge in [-0.25, -0.2) is 0 Å². The van der Waals surface area contributed by atoms with Gasteiger partial charge >= 0.3 is 6.18 Å². The van der Waals surface area contributed by atoms with E-state index in [2.05, 4.69) is 12.2 Å². The van der Waals surface area contributed by atoms with E-state index in [9.17, 15) is 21.6 Å².